The summed E-state index contributed by atoms with van der Waals surface area (Å²) in [6.45, 7) is 11.6. The zero-order chi connectivity index (χ0) is 16.2. The van der Waals surface area contributed by atoms with Crippen molar-refractivity contribution in [1.29, 1.82) is 0 Å². The van der Waals surface area contributed by atoms with Crippen LogP contribution in [0.15, 0.2) is 17.6 Å². The number of nitrogens with zero attached hydrogens (tertiary/aromatic N) is 3. The number of aromatic nitrogens is 2. The van der Waals surface area contributed by atoms with Gasteiger partial charge in [-0.15, -0.1) is 0 Å². The minimum atomic E-state index is -0.0131. The highest BCUT2D eigenvalue weighted by atomic mass is 32.2. The number of rotatable bonds is 6. The lowest BCUT2D eigenvalue weighted by molar-refractivity contribution is -0.118. The predicted octanol–water partition coefficient (Wildman–Crippen LogP) is 2.33. The molecule has 2 rings (SSSR count). The number of hydrogen-bond donors (Lipinski definition) is 1. The van der Waals surface area contributed by atoms with Gasteiger partial charge in [0.1, 0.15) is 0 Å². The summed E-state index contributed by atoms with van der Waals surface area (Å²) in [5.41, 5.74) is -0.0131. The van der Waals surface area contributed by atoms with Gasteiger partial charge in [0, 0.05) is 30.5 Å². The Morgan fingerprint density at radius 3 is 2.95 bits per heavy atom. The molecule has 1 unspecified atom stereocenters. The highest BCUT2D eigenvalue weighted by Gasteiger charge is 2.23. The van der Waals surface area contributed by atoms with Crippen LogP contribution in [0.5, 0.6) is 0 Å². The molecule has 0 aliphatic carbocycles. The fourth-order valence-corrected chi connectivity index (χ4v) is 3.83. The Morgan fingerprint density at radius 2 is 2.27 bits per heavy atom. The molecule has 0 aromatic carbocycles. The third-order valence-electron chi connectivity index (χ3n) is 4.10. The molecule has 1 saturated heterocycles. The monoisotopic (exact) mass is 324 g/mol. The smallest absolute Gasteiger partial charge is 0.230 e. The average Bonchev–Trinajstić information content (AvgIpc) is 3.10. The van der Waals surface area contributed by atoms with Crippen LogP contribution in [0.25, 0.3) is 0 Å². The maximum absolute atomic E-state index is 12.1. The number of carbonyl (C=O) groups is 1. The maximum atomic E-state index is 12.1. The normalized spacial score (nSPS) is 19.5. The standard InChI is InChI=1S/C16H28N4OS/c1-5-19-9-6-7-13(19)11-18-14(21)12-22-15-17-8-10-20(15)16(2,3)4/h8,10,13H,5-7,9,11-12H2,1-4H3,(H,18,21). The van der Waals surface area contributed by atoms with Gasteiger partial charge in [0.25, 0.3) is 0 Å². The molecule has 2 heterocycles. The molecule has 0 saturated carbocycles. The van der Waals surface area contributed by atoms with E-state index in [0.717, 1.165) is 24.8 Å². The number of likely N-dealkylation sites (tertiary alicyclic amines) is 1. The number of likely N-dealkylation sites (N-methyl/N-ethyl adjacent to an activating group) is 1. The summed E-state index contributed by atoms with van der Waals surface area (Å²) in [5, 5.41) is 3.97. The first-order valence-corrected chi connectivity index (χ1v) is 9.07. The molecule has 0 bridgehead atoms. The summed E-state index contributed by atoms with van der Waals surface area (Å²) >= 11 is 1.50. The second kappa shape index (κ2) is 7.51. The van der Waals surface area contributed by atoms with Crippen molar-refractivity contribution in [2.75, 3.05) is 25.4 Å². The number of imidazole rings is 1. The minimum Gasteiger partial charge on any atom is -0.354 e. The van der Waals surface area contributed by atoms with E-state index in [1.165, 1.54) is 24.6 Å². The van der Waals surface area contributed by atoms with E-state index in [2.05, 4.69) is 47.5 Å². The highest BCUT2D eigenvalue weighted by Crippen LogP contribution is 2.23. The van der Waals surface area contributed by atoms with Crippen molar-refractivity contribution in [2.24, 2.45) is 0 Å². The van der Waals surface area contributed by atoms with Gasteiger partial charge in [0.15, 0.2) is 5.16 Å². The molecule has 1 aromatic rings. The van der Waals surface area contributed by atoms with E-state index in [-0.39, 0.29) is 11.4 Å². The van der Waals surface area contributed by atoms with Crippen LogP contribution in [0.1, 0.15) is 40.5 Å². The van der Waals surface area contributed by atoms with Crippen LogP contribution in [-0.2, 0) is 10.3 Å². The van der Waals surface area contributed by atoms with Crippen LogP contribution < -0.4 is 5.32 Å². The van der Waals surface area contributed by atoms with E-state index < -0.39 is 0 Å². The first-order valence-electron chi connectivity index (χ1n) is 8.09. The fraction of sp³-hybridized carbons (Fsp3) is 0.750. The van der Waals surface area contributed by atoms with Crippen molar-refractivity contribution in [1.82, 2.24) is 19.8 Å². The van der Waals surface area contributed by atoms with Crippen molar-refractivity contribution in [3.8, 4) is 0 Å². The van der Waals surface area contributed by atoms with Gasteiger partial charge in [-0.05, 0) is 46.7 Å². The molecule has 1 atom stereocenters. The van der Waals surface area contributed by atoms with E-state index in [1.807, 2.05) is 6.20 Å². The van der Waals surface area contributed by atoms with Gasteiger partial charge >= 0.3 is 0 Å². The minimum absolute atomic E-state index is 0.0131. The van der Waals surface area contributed by atoms with E-state index in [1.54, 1.807) is 6.20 Å². The van der Waals surface area contributed by atoms with Gasteiger partial charge in [0.2, 0.25) is 5.91 Å². The van der Waals surface area contributed by atoms with Crippen LogP contribution in [0.3, 0.4) is 0 Å². The van der Waals surface area contributed by atoms with Crippen molar-refractivity contribution in [3.05, 3.63) is 12.4 Å². The molecule has 1 fully saturated rings. The molecule has 6 heteroatoms. The second-order valence-corrected chi connectivity index (χ2v) is 7.71. The summed E-state index contributed by atoms with van der Waals surface area (Å²) in [5.74, 6) is 0.516. The maximum Gasteiger partial charge on any atom is 0.230 e. The Hall–Kier alpha value is -1.01. The largest absolute Gasteiger partial charge is 0.354 e. The zero-order valence-electron chi connectivity index (χ0n) is 14.1. The molecule has 124 valence electrons. The molecule has 1 N–H and O–H groups in total. The first kappa shape index (κ1) is 17.3. The molecule has 0 spiro atoms. The third kappa shape index (κ3) is 4.49. The summed E-state index contributed by atoms with van der Waals surface area (Å²) in [6, 6.07) is 0.510. The van der Waals surface area contributed by atoms with Crippen LogP contribution in [-0.4, -0.2) is 51.8 Å². The number of amides is 1. The van der Waals surface area contributed by atoms with Gasteiger partial charge < -0.3 is 9.88 Å². The average molecular weight is 324 g/mol. The summed E-state index contributed by atoms with van der Waals surface area (Å²) < 4.78 is 2.11. The molecule has 1 aromatic heterocycles. The predicted molar refractivity (Wildman–Crippen MR) is 91.2 cm³/mol. The van der Waals surface area contributed by atoms with E-state index in [0.29, 0.717) is 11.8 Å². The highest BCUT2D eigenvalue weighted by molar-refractivity contribution is 7.99. The van der Waals surface area contributed by atoms with E-state index in [4.69, 9.17) is 0 Å². The molecule has 0 radical (unpaired) electrons. The van der Waals surface area contributed by atoms with Gasteiger partial charge in [-0.1, -0.05) is 18.7 Å². The van der Waals surface area contributed by atoms with E-state index in [9.17, 15) is 4.79 Å². The van der Waals surface area contributed by atoms with Gasteiger partial charge in [0.05, 0.1) is 5.75 Å². The molecule has 5 nitrogen and oxygen atoms in total. The Bertz CT molecular complexity index is 495. The van der Waals surface area contributed by atoms with Crippen molar-refractivity contribution >= 4 is 17.7 Å². The van der Waals surface area contributed by atoms with Crippen LogP contribution in [0.4, 0.5) is 0 Å². The summed E-state index contributed by atoms with van der Waals surface area (Å²) in [4.78, 5) is 18.9. The van der Waals surface area contributed by atoms with Crippen LogP contribution >= 0.6 is 11.8 Å². The Labute approximate surface area is 137 Å². The quantitative estimate of drug-likeness (QED) is 0.816. The van der Waals surface area contributed by atoms with Crippen LogP contribution in [0, 0.1) is 0 Å². The Kier molecular flexibility index (Phi) is 5.92. The first-order chi connectivity index (χ1) is 10.4. The molecule has 1 aliphatic rings. The van der Waals surface area contributed by atoms with E-state index >= 15 is 0 Å². The Morgan fingerprint density at radius 1 is 1.50 bits per heavy atom. The van der Waals surface area contributed by atoms with Crippen molar-refractivity contribution in [3.63, 3.8) is 0 Å². The number of hydrogen-bond acceptors (Lipinski definition) is 4. The molecule has 1 aliphatic heterocycles. The number of nitrogens with one attached hydrogen (secondary N) is 1. The topological polar surface area (TPSA) is 50.2 Å². The SMILES string of the molecule is CCN1CCCC1CNC(=O)CSc1nccn1C(C)(C)C. The zero-order valence-corrected chi connectivity index (χ0v) is 14.9. The summed E-state index contributed by atoms with van der Waals surface area (Å²) in [7, 11) is 0. The fourth-order valence-electron chi connectivity index (χ4n) is 2.86. The lowest BCUT2D eigenvalue weighted by atomic mass is 10.1. The molecular weight excluding hydrogens is 296 g/mol. The number of carbonyl (C=O) groups excluding carboxylic acids is 1. The molecule has 1 amide bonds. The summed E-state index contributed by atoms with van der Waals surface area (Å²) in [6.07, 6.45) is 6.20. The lowest BCUT2D eigenvalue weighted by Gasteiger charge is -2.23. The van der Waals surface area contributed by atoms with Gasteiger partial charge in [-0.25, -0.2) is 4.98 Å². The second-order valence-electron chi connectivity index (χ2n) is 6.77. The van der Waals surface area contributed by atoms with Crippen molar-refractivity contribution in [2.45, 2.75) is 57.3 Å². The third-order valence-corrected chi connectivity index (χ3v) is 5.07. The van der Waals surface area contributed by atoms with Crippen LogP contribution in [0.2, 0.25) is 0 Å². The van der Waals surface area contributed by atoms with Gasteiger partial charge in [-0.2, -0.15) is 0 Å². The lowest BCUT2D eigenvalue weighted by Crippen LogP contribution is -2.40. The van der Waals surface area contributed by atoms with Crippen molar-refractivity contribution < 1.29 is 4.79 Å². The molecule has 22 heavy (non-hydrogen) atoms. The number of thioether (sulfide) groups is 1. The van der Waals surface area contributed by atoms with Gasteiger partial charge in [-0.3, -0.25) is 9.69 Å². The molecular formula is C16H28N4OS. The Balaban J connectivity index is 1.78.